The molecule has 0 bridgehead atoms. The van der Waals surface area contributed by atoms with E-state index in [2.05, 4.69) is 10.8 Å². The van der Waals surface area contributed by atoms with Crippen LogP contribution in [-0.2, 0) is 0 Å². The van der Waals surface area contributed by atoms with Crippen molar-refractivity contribution in [3.63, 3.8) is 0 Å². The van der Waals surface area contributed by atoms with Crippen LogP contribution in [-0.4, -0.2) is 30.9 Å². The fourth-order valence-electron chi connectivity index (χ4n) is 0.189. The molecule has 0 atom stereocenters. The Morgan fingerprint density at radius 3 is 3.00 bits per heavy atom. The molecule has 0 aliphatic heterocycles. The van der Waals surface area contributed by atoms with Gasteiger partial charge in [-0.15, -0.1) is 0 Å². The highest BCUT2D eigenvalue weighted by Crippen LogP contribution is 1.70. The Balaban J connectivity index is 4.83. The molecule has 0 heterocycles. The van der Waals surface area contributed by atoms with Crippen LogP contribution >= 0.6 is 0 Å². The van der Waals surface area contributed by atoms with Crippen LogP contribution in [0.3, 0.4) is 0 Å². The molecule has 0 aromatic carbocycles. The summed E-state index contributed by atoms with van der Waals surface area (Å²) in [7, 11) is 3.07. The van der Waals surface area contributed by atoms with Crippen molar-refractivity contribution in [1.82, 2.24) is 10.2 Å². The lowest BCUT2D eigenvalue weighted by Gasteiger charge is -2.13. The number of nitrogens with zero attached hydrogens (tertiary/aromatic N) is 1. The van der Waals surface area contributed by atoms with E-state index in [1.165, 1.54) is 19.0 Å². The van der Waals surface area contributed by atoms with Crippen molar-refractivity contribution in [1.29, 1.82) is 10.8 Å². The summed E-state index contributed by atoms with van der Waals surface area (Å²) in [5.74, 6) is -0.731. The summed E-state index contributed by atoms with van der Waals surface area (Å²) in [6, 6.07) is 0. The molecule has 0 radical (unpaired) electrons. The third-order valence-electron chi connectivity index (χ3n) is 0.600. The van der Waals surface area contributed by atoms with Gasteiger partial charge in [0.05, 0.1) is 0 Å². The van der Waals surface area contributed by atoms with E-state index < -0.39 is 5.96 Å². The van der Waals surface area contributed by atoms with E-state index in [0.29, 0.717) is 5.31 Å². The molecule has 9 heavy (non-hydrogen) atoms. The van der Waals surface area contributed by atoms with Gasteiger partial charge >= 0.3 is 0 Å². The minimum Gasteiger partial charge on any atom is -0.370 e. The molecule has 0 unspecified atom stereocenters. The molecular weight excluding hydrogens is 118 g/mol. The lowest BCUT2D eigenvalue weighted by atomic mass is 10.8. The van der Waals surface area contributed by atoms with Gasteiger partial charge in [0.15, 0.2) is 19.0 Å². The second-order valence-electron chi connectivity index (χ2n) is 1.61. The summed E-state index contributed by atoms with van der Waals surface area (Å²) in [5, 5.41) is 6.26. The zero-order chi connectivity index (χ0) is 11.3. The Bertz CT molecular complexity index is 214. The predicted molar refractivity (Wildman–Crippen MR) is 36.5 cm³/mol. The Morgan fingerprint density at radius 1 is 1.89 bits per heavy atom. The van der Waals surface area contributed by atoms with Crippen molar-refractivity contribution in [3.8, 4) is 0 Å². The summed E-state index contributed by atoms with van der Waals surface area (Å²) >= 11 is 0. The van der Waals surface area contributed by atoms with Gasteiger partial charge in [0.25, 0.3) is 0 Å². The van der Waals surface area contributed by atoms with Crippen LogP contribution < -0.4 is 11.0 Å². The Labute approximate surface area is 61.2 Å². The van der Waals surface area contributed by atoms with Gasteiger partial charge in [0, 0.05) is 14.1 Å². The van der Waals surface area contributed by atoms with Gasteiger partial charge < -0.3 is 10.6 Å². The molecule has 0 saturated carbocycles. The fourth-order valence-corrected chi connectivity index (χ4v) is 0.189. The minimum atomic E-state index is -0.579. The molecule has 0 aromatic rings. The second-order valence-corrected chi connectivity index (χ2v) is 1.61. The number of hydrogen-bond donors (Lipinski definition) is 4. The zero-order valence-corrected chi connectivity index (χ0v) is 5.24. The molecule has 5 nitrogen and oxygen atoms in total. The average molecular weight is 134 g/mol. The van der Waals surface area contributed by atoms with Gasteiger partial charge in [-0.1, -0.05) is 0 Å². The average Bonchev–Trinajstić information content (AvgIpc) is 2.04. The van der Waals surface area contributed by atoms with Crippen LogP contribution in [0.4, 0.5) is 0 Å². The van der Waals surface area contributed by atoms with Gasteiger partial charge in [0.2, 0.25) is 0 Å². The molecule has 5 heteroatoms. The third kappa shape index (κ3) is 3.33. The summed E-state index contributed by atoms with van der Waals surface area (Å²) in [5.41, 5.74) is -0.00528. The van der Waals surface area contributed by atoms with Crippen molar-refractivity contribution >= 4 is 11.9 Å². The van der Waals surface area contributed by atoms with Crippen molar-refractivity contribution in [2.75, 3.05) is 14.1 Å². The Kier molecular flexibility index (Phi) is 0.824. The van der Waals surface area contributed by atoms with Crippen LogP contribution in [0.2, 0.25) is 7.06 Å². The number of nitrogens with one attached hydrogen (secondary N) is 3. The second kappa shape index (κ2) is 2.91. The van der Waals surface area contributed by atoms with Crippen molar-refractivity contribution < 1.29 is 7.06 Å². The number of hydrogen-bond acceptors (Lipinski definition) is 2. The molecule has 0 fully saturated rings. The molecule has 0 aromatic heterocycles. The standard InChI is InChI=1S/C4H11N5/c1-9(2)4(7)8-3(5)6/h1-2H3,(H5,5,6,7,8)/i/hD5. The number of guanidine groups is 2. The Morgan fingerprint density at radius 2 is 2.67 bits per heavy atom. The summed E-state index contributed by atoms with van der Waals surface area (Å²) < 4.78 is 34.4. The topological polar surface area (TPSA) is 89.0 Å². The predicted octanol–water partition coefficient (Wildman–Crippen LogP) is -1.03. The maximum Gasteiger partial charge on any atom is 0.197 e. The van der Waals surface area contributed by atoms with Crippen LogP contribution in [0.5, 0.6) is 0 Å². The quantitative estimate of drug-likeness (QED) is 0.252. The molecule has 5 N–H and O–H groups in total. The largest absolute Gasteiger partial charge is 0.370 e. The maximum atomic E-state index is 7.36. The summed E-state index contributed by atoms with van der Waals surface area (Å²) in [6.45, 7) is 0. The highest BCUT2D eigenvalue weighted by Gasteiger charge is 1.96. The van der Waals surface area contributed by atoms with Crippen molar-refractivity contribution in [3.05, 3.63) is 0 Å². The van der Waals surface area contributed by atoms with Crippen LogP contribution in [0.15, 0.2) is 0 Å². The smallest absolute Gasteiger partial charge is 0.197 e. The van der Waals surface area contributed by atoms with Gasteiger partial charge in [-0.3, -0.25) is 16.1 Å². The van der Waals surface area contributed by atoms with E-state index in [4.69, 9.17) is 7.06 Å². The molecule has 0 aliphatic rings. The lowest BCUT2D eigenvalue weighted by Crippen LogP contribution is -2.42. The number of nitrogens with two attached hydrogens (primary N) is 1. The summed E-state index contributed by atoms with van der Waals surface area (Å²) in [6.07, 6.45) is 0. The first kappa shape index (κ1) is 2.55. The van der Waals surface area contributed by atoms with Crippen LogP contribution in [0, 0.1) is 10.8 Å². The normalized spacial score (nSPS) is 20.4. The van der Waals surface area contributed by atoms with Crippen molar-refractivity contribution in [2.24, 2.45) is 5.72 Å². The molecule has 0 rings (SSSR count). The fraction of sp³-hybridized carbons (Fsp3) is 0.500. The SMILES string of the molecule is [2H]N=C(N([2H])[2H])N([2H])C(=N[2H])N(C)C. The van der Waals surface area contributed by atoms with Gasteiger partial charge in [0.1, 0.15) is 0 Å². The molecular formula is C4H11N5. The molecule has 0 amide bonds. The van der Waals surface area contributed by atoms with E-state index in [1.807, 2.05) is 0 Å². The van der Waals surface area contributed by atoms with Gasteiger partial charge in [-0.25, -0.2) is 0 Å². The van der Waals surface area contributed by atoms with E-state index in [1.54, 1.807) is 0 Å². The van der Waals surface area contributed by atoms with Crippen LogP contribution in [0.1, 0.15) is 0 Å². The van der Waals surface area contributed by atoms with Gasteiger partial charge in [-0.05, 0) is 0 Å². The third-order valence-corrected chi connectivity index (χ3v) is 0.600. The van der Waals surface area contributed by atoms with Gasteiger partial charge in [-0.2, -0.15) is 0 Å². The first-order valence-electron chi connectivity index (χ1n) is 4.47. The highest BCUT2D eigenvalue weighted by molar-refractivity contribution is 5.94. The zero-order valence-electron chi connectivity index (χ0n) is 10.2. The van der Waals surface area contributed by atoms with E-state index in [-0.39, 0.29) is 11.7 Å². The minimum absolute atomic E-state index is 0.00528. The molecule has 0 spiro atoms. The molecule has 52 valence electrons. The van der Waals surface area contributed by atoms with E-state index in [9.17, 15) is 0 Å². The first-order chi connectivity index (χ1) is 6.45. The first-order valence-corrected chi connectivity index (χ1v) is 2.24. The molecule has 0 aliphatic carbocycles. The van der Waals surface area contributed by atoms with E-state index >= 15 is 0 Å². The highest BCUT2D eigenvalue weighted by atomic mass is 15.3. The molecule has 0 saturated heterocycles. The summed E-state index contributed by atoms with van der Waals surface area (Å²) in [4.78, 5) is 1.33. The number of rotatable bonds is 0. The Hall–Kier alpha value is -1.26. The van der Waals surface area contributed by atoms with Crippen molar-refractivity contribution in [2.45, 2.75) is 0 Å². The van der Waals surface area contributed by atoms with E-state index in [0.717, 1.165) is 0 Å². The van der Waals surface area contributed by atoms with Crippen LogP contribution in [0.25, 0.3) is 0 Å². The monoisotopic (exact) mass is 134 g/mol. The lowest BCUT2D eigenvalue weighted by molar-refractivity contribution is 0.599. The maximum absolute atomic E-state index is 7.36.